The summed E-state index contributed by atoms with van der Waals surface area (Å²) in [6, 6.07) is 10.0. The van der Waals surface area contributed by atoms with Gasteiger partial charge in [0.2, 0.25) is 12.3 Å². The Morgan fingerprint density at radius 1 is 1.23 bits per heavy atom. The topological polar surface area (TPSA) is 98.6 Å². The van der Waals surface area contributed by atoms with Crippen LogP contribution in [0.15, 0.2) is 47.2 Å². The van der Waals surface area contributed by atoms with E-state index in [4.69, 9.17) is 15.5 Å². The second-order valence-corrected chi connectivity index (χ2v) is 8.52. The van der Waals surface area contributed by atoms with E-state index in [1.807, 2.05) is 30.5 Å². The zero-order chi connectivity index (χ0) is 21.4. The van der Waals surface area contributed by atoms with Gasteiger partial charge in [0, 0.05) is 35.8 Å². The molecule has 2 N–H and O–H groups in total. The average molecular weight is 481 g/mol. The first-order valence-electron chi connectivity index (χ1n) is 10.1. The number of nitrogens with two attached hydrogens (primary N) is 1. The number of benzene rings is 1. The Bertz CT molecular complexity index is 1270. The predicted molar refractivity (Wildman–Crippen MR) is 122 cm³/mol. The molecule has 1 saturated heterocycles. The van der Waals surface area contributed by atoms with Crippen molar-refractivity contribution in [1.29, 1.82) is 0 Å². The molecule has 1 aliphatic heterocycles. The number of ether oxygens (including phenoxy) is 1. The van der Waals surface area contributed by atoms with Crippen LogP contribution in [-0.4, -0.2) is 50.6 Å². The van der Waals surface area contributed by atoms with E-state index in [0.29, 0.717) is 34.3 Å². The van der Waals surface area contributed by atoms with Crippen LogP contribution in [0.3, 0.4) is 0 Å². The highest BCUT2D eigenvalue weighted by Crippen LogP contribution is 2.34. The summed E-state index contributed by atoms with van der Waals surface area (Å²) in [6.07, 6.45) is 6.30. The number of pyridine rings is 1. The fourth-order valence-electron chi connectivity index (χ4n) is 3.91. The van der Waals surface area contributed by atoms with Gasteiger partial charge >= 0.3 is 0 Å². The number of fused-ring (bicyclic) bond motifs is 2. The van der Waals surface area contributed by atoms with Gasteiger partial charge in [-0.1, -0.05) is 18.2 Å². The molecule has 0 radical (unpaired) electrons. The molecular weight excluding hydrogens is 460 g/mol. The summed E-state index contributed by atoms with van der Waals surface area (Å²) in [6.45, 7) is 2.04. The molecule has 4 heterocycles. The van der Waals surface area contributed by atoms with Crippen LogP contribution in [0, 0.1) is 5.92 Å². The number of likely N-dealkylation sites (tertiary alicyclic amines) is 1. The maximum Gasteiger partial charge on any atom is 0.233 e. The fraction of sp³-hybridized carbons (Fsp3) is 0.273. The van der Waals surface area contributed by atoms with Gasteiger partial charge < -0.3 is 15.4 Å². The van der Waals surface area contributed by atoms with Crippen molar-refractivity contribution in [2.45, 2.75) is 12.8 Å². The van der Waals surface area contributed by atoms with Crippen LogP contribution < -0.4 is 10.5 Å². The van der Waals surface area contributed by atoms with Crippen molar-refractivity contribution in [3.05, 3.63) is 47.2 Å². The number of nitrogens with zero attached hydrogens (tertiary/aromatic N) is 5. The Morgan fingerprint density at radius 3 is 2.84 bits per heavy atom. The quantitative estimate of drug-likeness (QED) is 0.438. The number of aromatic nitrogens is 4. The lowest BCUT2D eigenvalue weighted by molar-refractivity contribution is -0.119. The predicted octanol–water partition coefficient (Wildman–Crippen LogP) is 3.54. The number of carbonyl (C=O) groups excluding carboxylic acids is 1. The van der Waals surface area contributed by atoms with E-state index in [1.54, 1.807) is 15.6 Å². The number of halogens is 1. The molecule has 0 aliphatic carbocycles. The Morgan fingerprint density at radius 2 is 2.03 bits per heavy atom. The number of hydrogen-bond donors (Lipinski definition) is 1. The summed E-state index contributed by atoms with van der Waals surface area (Å²) >= 11 is 3.50. The van der Waals surface area contributed by atoms with Gasteiger partial charge in [0.1, 0.15) is 10.3 Å². The van der Waals surface area contributed by atoms with E-state index >= 15 is 0 Å². The Hall–Kier alpha value is -3.20. The second kappa shape index (κ2) is 8.14. The summed E-state index contributed by atoms with van der Waals surface area (Å²) < 4.78 is 8.24. The smallest absolute Gasteiger partial charge is 0.233 e. The molecule has 1 fully saturated rings. The molecule has 9 heteroatoms. The number of hydrogen-bond acceptors (Lipinski definition) is 6. The summed E-state index contributed by atoms with van der Waals surface area (Å²) in [5, 5.41) is 5.47. The van der Waals surface area contributed by atoms with Gasteiger partial charge in [-0.05, 0) is 46.8 Å². The Kier molecular flexibility index (Phi) is 5.19. The molecule has 1 aromatic carbocycles. The van der Waals surface area contributed by atoms with Gasteiger partial charge in [-0.2, -0.15) is 14.6 Å². The Labute approximate surface area is 187 Å². The van der Waals surface area contributed by atoms with Crippen LogP contribution in [0.4, 0.5) is 5.82 Å². The number of nitrogen functional groups attached to an aromatic ring is 1. The van der Waals surface area contributed by atoms with Crippen molar-refractivity contribution < 1.29 is 9.53 Å². The molecule has 5 rings (SSSR count). The third-order valence-corrected chi connectivity index (χ3v) is 6.49. The highest BCUT2D eigenvalue weighted by molar-refractivity contribution is 9.10. The number of piperidine rings is 1. The summed E-state index contributed by atoms with van der Waals surface area (Å²) in [5.74, 6) is 1.24. The van der Waals surface area contributed by atoms with Crippen molar-refractivity contribution in [3.63, 3.8) is 0 Å². The molecular formula is C22H21BrN6O2. The third kappa shape index (κ3) is 3.69. The molecule has 0 bridgehead atoms. The molecule has 3 aromatic heterocycles. The van der Waals surface area contributed by atoms with Gasteiger partial charge in [-0.15, -0.1) is 0 Å². The van der Waals surface area contributed by atoms with E-state index in [9.17, 15) is 4.79 Å². The molecule has 1 amide bonds. The lowest BCUT2D eigenvalue weighted by Crippen LogP contribution is -2.34. The minimum atomic E-state index is 0.372. The molecule has 0 unspecified atom stereocenters. The number of amides is 1. The molecule has 0 saturated carbocycles. The van der Waals surface area contributed by atoms with Crippen molar-refractivity contribution in [3.8, 4) is 17.0 Å². The van der Waals surface area contributed by atoms with Crippen LogP contribution in [0.5, 0.6) is 5.88 Å². The Balaban J connectivity index is 1.46. The van der Waals surface area contributed by atoms with Crippen LogP contribution in [0.2, 0.25) is 0 Å². The highest BCUT2D eigenvalue weighted by Gasteiger charge is 2.21. The monoisotopic (exact) mass is 480 g/mol. The summed E-state index contributed by atoms with van der Waals surface area (Å²) in [4.78, 5) is 22.0. The number of carbonyl (C=O) groups is 1. The van der Waals surface area contributed by atoms with E-state index in [-0.39, 0.29) is 0 Å². The number of anilines is 1. The maximum absolute atomic E-state index is 10.9. The van der Waals surface area contributed by atoms with Crippen molar-refractivity contribution >= 4 is 44.7 Å². The summed E-state index contributed by atoms with van der Waals surface area (Å²) in [7, 11) is 0. The van der Waals surface area contributed by atoms with Gasteiger partial charge in [0.25, 0.3) is 0 Å². The standard InChI is InChI=1S/C22H21BrN6O2/c23-19-20(24)29-21(27-22(19)31-12-14-5-7-28(13-30)8-6-14)17(11-26-29)16-9-15-3-1-2-4-18(15)25-10-16/h1-4,9-11,13-14H,5-8,12,24H2. The van der Waals surface area contributed by atoms with Crippen molar-refractivity contribution in [2.24, 2.45) is 5.92 Å². The second-order valence-electron chi connectivity index (χ2n) is 7.72. The highest BCUT2D eigenvalue weighted by atomic mass is 79.9. The largest absolute Gasteiger partial charge is 0.476 e. The van der Waals surface area contributed by atoms with Crippen molar-refractivity contribution in [1.82, 2.24) is 24.5 Å². The first-order chi connectivity index (χ1) is 15.1. The van der Waals surface area contributed by atoms with E-state index in [2.05, 4.69) is 32.1 Å². The van der Waals surface area contributed by atoms with Crippen molar-refractivity contribution in [2.75, 3.05) is 25.4 Å². The third-order valence-electron chi connectivity index (χ3n) is 5.75. The SMILES string of the molecule is Nc1c(Br)c(OCC2CCN(C=O)CC2)nc2c(-c3cnc4ccccc4c3)cnn12. The minimum absolute atomic E-state index is 0.372. The normalized spacial score (nSPS) is 14.9. The summed E-state index contributed by atoms with van der Waals surface area (Å²) in [5.41, 5.74) is 9.61. The molecule has 158 valence electrons. The van der Waals surface area contributed by atoms with Crippen LogP contribution in [-0.2, 0) is 4.79 Å². The van der Waals surface area contributed by atoms with Gasteiger partial charge in [0.05, 0.1) is 18.3 Å². The number of rotatable bonds is 5. The van der Waals surface area contributed by atoms with E-state index in [1.165, 1.54) is 0 Å². The molecule has 4 aromatic rings. The lowest BCUT2D eigenvalue weighted by Gasteiger charge is -2.28. The first kappa shape index (κ1) is 19.7. The van der Waals surface area contributed by atoms with Crippen LogP contribution in [0.25, 0.3) is 27.7 Å². The van der Waals surface area contributed by atoms with E-state index < -0.39 is 0 Å². The zero-order valence-electron chi connectivity index (χ0n) is 16.7. The molecule has 0 spiro atoms. The molecule has 31 heavy (non-hydrogen) atoms. The average Bonchev–Trinajstić information content (AvgIpc) is 3.24. The lowest BCUT2D eigenvalue weighted by atomic mass is 9.98. The molecule has 0 atom stereocenters. The molecule has 8 nitrogen and oxygen atoms in total. The zero-order valence-corrected chi connectivity index (χ0v) is 18.3. The van der Waals surface area contributed by atoms with Crippen LogP contribution >= 0.6 is 15.9 Å². The van der Waals surface area contributed by atoms with Gasteiger partial charge in [-0.25, -0.2) is 0 Å². The van der Waals surface area contributed by atoms with Crippen LogP contribution in [0.1, 0.15) is 12.8 Å². The van der Waals surface area contributed by atoms with Gasteiger partial charge in [-0.3, -0.25) is 9.78 Å². The number of para-hydroxylation sites is 1. The fourth-order valence-corrected chi connectivity index (χ4v) is 4.28. The minimum Gasteiger partial charge on any atom is -0.476 e. The first-order valence-corrected chi connectivity index (χ1v) is 10.9. The maximum atomic E-state index is 10.9. The van der Waals surface area contributed by atoms with E-state index in [0.717, 1.165) is 54.4 Å². The molecule has 1 aliphatic rings. The van der Waals surface area contributed by atoms with Gasteiger partial charge in [0.15, 0.2) is 5.65 Å².